The molecule has 1 N–H and O–H groups in total. The molecule has 164 valence electrons. The van der Waals surface area contributed by atoms with Crippen LogP contribution in [0.5, 0.6) is 11.5 Å². The zero-order valence-corrected chi connectivity index (χ0v) is 18.4. The van der Waals surface area contributed by atoms with Crippen molar-refractivity contribution in [1.82, 2.24) is 14.8 Å². The lowest BCUT2D eigenvalue weighted by molar-refractivity contribution is 0.0941. The normalized spacial score (nSPS) is 14.1. The molecule has 0 unspecified atom stereocenters. The fourth-order valence-electron chi connectivity index (χ4n) is 4.27. The summed E-state index contributed by atoms with van der Waals surface area (Å²) >= 11 is 0. The third-order valence-corrected chi connectivity index (χ3v) is 5.83. The quantitative estimate of drug-likeness (QED) is 0.569. The molecule has 0 atom stereocenters. The van der Waals surface area contributed by atoms with E-state index in [2.05, 4.69) is 20.9 Å². The first kappa shape index (κ1) is 21.2. The Hall–Kier alpha value is -2.99. The molecule has 0 bridgehead atoms. The first-order valence-electron chi connectivity index (χ1n) is 11.1. The van der Waals surface area contributed by atoms with Crippen LogP contribution in [0.15, 0.2) is 48.5 Å². The Morgan fingerprint density at radius 3 is 2.68 bits per heavy atom. The molecule has 0 spiro atoms. The SMILES string of the molecule is CCOc1cccc2c1cc(C(=O)NCCN1CCCC1)n2Cc1cccc(OC)c1. The van der Waals surface area contributed by atoms with E-state index in [1.165, 1.54) is 12.8 Å². The molecule has 1 aliphatic rings. The summed E-state index contributed by atoms with van der Waals surface area (Å²) in [5.74, 6) is 1.55. The Labute approximate surface area is 183 Å². The molecule has 4 rings (SSSR count). The molecule has 1 aliphatic heterocycles. The van der Waals surface area contributed by atoms with Crippen molar-refractivity contribution < 1.29 is 14.3 Å². The van der Waals surface area contributed by atoms with Crippen molar-refractivity contribution in [2.75, 3.05) is 39.9 Å². The number of amides is 1. The molecule has 1 saturated heterocycles. The molecule has 6 heteroatoms. The number of carbonyl (C=O) groups excluding carboxylic acids is 1. The van der Waals surface area contributed by atoms with Crippen LogP contribution in [-0.2, 0) is 6.54 Å². The van der Waals surface area contributed by atoms with Crippen LogP contribution in [0.3, 0.4) is 0 Å². The van der Waals surface area contributed by atoms with Gasteiger partial charge in [0.25, 0.3) is 5.91 Å². The molecule has 3 aromatic rings. The topological polar surface area (TPSA) is 55.7 Å². The number of likely N-dealkylation sites (tertiary alicyclic amines) is 1. The third-order valence-electron chi connectivity index (χ3n) is 5.83. The van der Waals surface area contributed by atoms with Gasteiger partial charge in [-0.25, -0.2) is 0 Å². The summed E-state index contributed by atoms with van der Waals surface area (Å²) in [4.78, 5) is 15.6. The first-order chi connectivity index (χ1) is 15.2. The molecule has 2 heterocycles. The van der Waals surface area contributed by atoms with Crippen LogP contribution in [0.1, 0.15) is 35.8 Å². The Morgan fingerprint density at radius 1 is 1.10 bits per heavy atom. The van der Waals surface area contributed by atoms with Gasteiger partial charge in [0.05, 0.1) is 19.2 Å². The molecular weight excluding hydrogens is 390 g/mol. The van der Waals surface area contributed by atoms with Gasteiger partial charge >= 0.3 is 0 Å². The number of hydrogen-bond acceptors (Lipinski definition) is 4. The smallest absolute Gasteiger partial charge is 0.268 e. The monoisotopic (exact) mass is 421 g/mol. The lowest BCUT2D eigenvalue weighted by atomic mass is 10.2. The molecule has 6 nitrogen and oxygen atoms in total. The number of hydrogen-bond donors (Lipinski definition) is 1. The van der Waals surface area contributed by atoms with Gasteiger partial charge in [-0.05, 0) is 68.8 Å². The second-order valence-electron chi connectivity index (χ2n) is 7.89. The summed E-state index contributed by atoms with van der Waals surface area (Å²) in [5.41, 5.74) is 2.70. The van der Waals surface area contributed by atoms with Crippen molar-refractivity contribution in [1.29, 1.82) is 0 Å². The number of fused-ring (bicyclic) bond motifs is 1. The zero-order chi connectivity index (χ0) is 21.6. The Kier molecular flexibility index (Phi) is 6.77. The van der Waals surface area contributed by atoms with Crippen molar-refractivity contribution in [2.24, 2.45) is 0 Å². The molecule has 1 amide bonds. The van der Waals surface area contributed by atoms with Gasteiger partial charge in [0, 0.05) is 25.0 Å². The van der Waals surface area contributed by atoms with Gasteiger partial charge in [-0.2, -0.15) is 0 Å². The van der Waals surface area contributed by atoms with Gasteiger partial charge < -0.3 is 24.3 Å². The van der Waals surface area contributed by atoms with E-state index in [1.54, 1.807) is 7.11 Å². The van der Waals surface area contributed by atoms with E-state index in [1.807, 2.05) is 49.4 Å². The van der Waals surface area contributed by atoms with E-state index in [4.69, 9.17) is 9.47 Å². The van der Waals surface area contributed by atoms with Crippen LogP contribution in [0.2, 0.25) is 0 Å². The largest absolute Gasteiger partial charge is 0.497 e. The highest BCUT2D eigenvalue weighted by Gasteiger charge is 2.19. The van der Waals surface area contributed by atoms with Gasteiger partial charge in [-0.3, -0.25) is 4.79 Å². The summed E-state index contributed by atoms with van der Waals surface area (Å²) in [7, 11) is 1.66. The maximum Gasteiger partial charge on any atom is 0.268 e. The maximum absolute atomic E-state index is 13.2. The fraction of sp³-hybridized carbons (Fsp3) is 0.400. The molecule has 0 saturated carbocycles. The minimum Gasteiger partial charge on any atom is -0.497 e. The van der Waals surface area contributed by atoms with E-state index >= 15 is 0 Å². The highest BCUT2D eigenvalue weighted by molar-refractivity contribution is 6.00. The molecular formula is C25H31N3O3. The van der Waals surface area contributed by atoms with Crippen LogP contribution < -0.4 is 14.8 Å². The van der Waals surface area contributed by atoms with E-state index in [0.29, 0.717) is 25.4 Å². The molecule has 0 aliphatic carbocycles. The Balaban J connectivity index is 1.63. The van der Waals surface area contributed by atoms with Gasteiger partial charge in [-0.1, -0.05) is 18.2 Å². The third kappa shape index (κ3) is 4.85. The second kappa shape index (κ2) is 9.88. The number of ether oxygens (including phenoxy) is 2. The number of nitrogens with zero attached hydrogens (tertiary/aromatic N) is 2. The second-order valence-corrected chi connectivity index (χ2v) is 7.89. The van der Waals surface area contributed by atoms with Crippen LogP contribution >= 0.6 is 0 Å². The fourth-order valence-corrected chi connectivity index (χ4v) is 4.27. The molecule has 31 heavy (non-hydrogen) atoms. The van der Waals surface area contributed by atoms with Gasteiger partial charge in [-0.15, -0.1) is 0 Å². The van der Waals surface area contributed by atoms with Crippen LogP contribution in [0.25, 0.3) is 10.9 Å². The van der Waals surface area contributed by atoms with Gasteiger partial charge in [0.15, 0.2) is 0 Å². The van der Waals surface area contributed by atoms with Crippen LogP contribution in [0.4, 0.5) is 0 Å². The summed E-state index contributed by atoms with van der Waals surface area (Å²) in [6, 6.07) is 15.9. The average molecular weight is 422 g/mol. The predicted octanol–water partition coefficient (Wildman–Crippen LogP) is 3.92. The average Bonchev–Trinajstić information content (AvgIpc) is 3.43. The number of aromatic nitrogens is 1. The van der Waals surface area contributed by atoms with Crippen molar-refractivity contribution in [3.8, 4) is 11.5 Å². The van der Waals surface area contributed by atoms with Crippen LogP contribution in [-0.4, -0.2) is 55.3 Å². The highest BCUT2D eigenvalue weighted by Crippen LogP contribution is 2.30. The summed E-state index contributed by atoms with van der Waals surface area (Å²) in [5, 5.41) is 4.08. The lowest BCUT2D eigenvalue weighted by Crippen LogP contribution is -2.34. The number of nitrogens with one attached hydrogen (secondary N) is 1. The standard InChI is InChI=1S/C25H31N3O3/c1-3-31-24-11-7-10-22-21(24)17-23(25(29)26-12-15-27-13-4-5-14-27)28(22)18-19-8-6-9-20(16-19)30-2/h6-11,16-17H,3-5,12-15,18H2,1-2H3,(H,26,29). The van der Waals surface area contributed by atoms with E-state index in [0.717, 1.165) is 47.6 Å². The number of rotatable bonds is 9. The number of carbonyl (C=O) groups is 1. The van der Waals surface area contributed by atoms with E-state index in [-0.39, 0.29) is 5.91 Å². The van der Waals surface area contributed by atoms with Crippen molar-refractivity contribution >= 4 is 16.8 Å². The van der Waals surface area contributed by atoms with Gasteiger partial charge in [0.2, 0.25) is 0 Å². The maximum atomic E-state index is 13.2. The van der Waals surface area contributed by atoms with Crippen molar-refractivity contribution in [3.63, 3.8) is 0 Å². The summed E-state index contributed by atoms with van der Waals surface area (Å²) in [6.45, 7) is 6.93. The number of benzene rings is 2. The molecule has 1 fully saturated rings. The Bertz CT molecular complexity index is 1040. The summed E-state index contributed by atoms with van der Waals surface area (Å²) in [6.07, 6.45) is 2.51. The van der Waals surface area contributed by atoms with Crippen LogP contribution in [0, 0.1) is 0 Å². The minimum absolute atomic E-state index is 0.0549. The molecule has 2 aromatic carbocycles. The number of methoxy groups -OCH3 is 1. The van der Waals surface area contributed by atoms with Gasteiger partial charge in [0.1, 0.15) is 17.2 Å². The molecule has 0 radical (unpaired) electrons. The first-order valence-corrected chi connectivity index (χ1v) is 11.1. The van der Waals surface area contributed by atoms with Crippen molar-refractivity contribution in [3.05, 3.63) is 59.8 Å². The zero-order valence-electron chi connectivity index (χ0n) is 18.4. The van der Waals surface area contributed by atoms with E-state index < -0.39 is 0 Å². The van der Waals surface area contributed by atoms with E-state index in [9.17, 15) is 4.79 Å². The lowest BCUT2D eigenvalue weighted by Gasteiger charge is -2.16. The minimum atomic E-state index is -0.0549. The Morgan fingerprint density at radius 2 is 1.90 bits per heavy atom. The summed E-state index contributed by atoms with van der Waals surface area (Å²) < 4.78 is 13.3. The molecule has 1 aromatic heterocycles. The predicted molar refractivity (Wildman–Crippen MR) is 123 cm³/mol. The van der Waals surface area contributed by atoms with Crippen molar-refractivity contribution in [2.45, 2.75) is 26.3 Å². The highest BCUT2D eigenvalue weighted by atomic mass is 16.5.